The highest BCUT2D eigenvalue weighted by atomic mass is 35.5. The molecule has 2 N–H and O–H groups in total. The largest absolute Gasteiger partial charge is 0.463 e. The van der Waals surface area contributed by atoms with E-state index in [-0.39, 0.29) is 18.5 Å². The van der Waals surface area contributed by atoms with E-state index >= 15 is 0 Å². The van der Waals surface area contributed by atoms with Crippen molar-refractivity contribution in [2.75, 3.05) is 12.5 Å². The number of urea groups is 1. The second kappa shape index (κ2) is 7.91. The Bertz CT molecular complexity index is 726. The van der Waals surface area contributed by atoms with Gasteiger partial charge in [0, 0.05) is 5.70 Å². The van der Waals surface area contributed by atoms with Gasteiger partial charge in [-0.1, -0.05) is 26.0 Å². The lowest BCUT2D eigenvalue weighted by Crippen LogP contribution is -2.46. The second-order valence-corrected chi connectivity index (χ2v) is 6.77. The summed E-state index contributed by atoms with van der Waals surface area (Å²) >= 11 is 5.98. The van der Waals surface area contributed by atoms with Gasteiger partial charge in [0.2, 0.25) is 0 Å². The third-order valence-corrected chi connectivity index (χ3v) is 4.64. The van der Waals surface area contributed by atoms with Gasteiger partial charge in [0.1, 0.15) is 0 Å². The fourth-order valence-electron chi connectivity index (χ4n) is 3.23. The zero-order valence-corrected chi connectivity index (χ0v) is 16.1. The molecule has 136 valence electrons. The molecule has 1 heterocycles. The molecule has 1 aromatic carbocycles. The van der Waals surface area contributed by atoms with Gasteiger partial charge in [-0.05, 0) is 48.9 Å². The average molecular weight is 365 g/mol. The van der Waals surface area contributed by atoms with Crippen LogP contribution in [0.3, 0.4) is 0 Å². The Morgan fingerprint density at radius 2 is 1.96 bits per heavy atom. The van der Waals surface area contributed by atoms with E-state index in [1.165, 1.54) is 11.1 Å². The van der Waals surface area contributed by atoms with Gasteiger partial charge in [-0.15, -0.1) is 11.6 Å². The lowest BCUT2D eigenvalue weighted by molar-refractivity contribution is -0.139. The maximum absolute atomic E-state index is 12.5. The number of benzene rings is 1. The lowest BCUT2D eigenvalue weighted by Gasteiger charge is -2.30. The SMILES string of the molecule is CCOC(=O)C1=C(CCl)NC(=O)NC1c1cc(C(C)C)c(C)cc1C. The maximum Gasteiger partial charge on any atom is 0.338 e. The van der Waals surface area contributed by atoms with Crippen LogP contribution in [0, 0.1) is 13.8 Å². The van der Waals surface area contributed by atoms with Crippen molar-refractivity contribution in [2.45, 2.75) is 46.6 Å². The first-order valence-corrected chi connectivity index (χ1v) is 8.98. The number of hydrogen-bond acceptors (Lipinski definition) is 3. The van der Waals surface area contributed by atoms with Gasteiger partial charge in [-0.25, -0.2) is 9.59 Å². The summed E-state index contributed by atoms with van der Waals surface area (Å²) in [4.78, 5) is 24.6. The van der Waals surface area contributed by atoms with Gasteiger partial charge >= 0.3 is 12.0 Å². The van der Waals surface area contributed by atoms with E-state index in [1.54, 1.807) is 6.92 Å². The standard InChI is InChI=1S/C19H25ClN2O3/c1-6-25-18(23)16-15(9-20)21-19(24)22-17(16)14-8-13(10(2)3)11(4)7-12(14)5/h7-8,10,17H,6,9H2,1-5H3,(H2,21,22,24). The highest BCUT2D eigenvalue weighted by molar-refractivity contribution is 6.20. The third-order valence-electron chi connectivity index (χ3n) is 4.37. The van der Waals surface area contributed by atoms with Gasteiger partial charge in [0.15, 0.2) is 0 Å². The minimum Gasteiger partial charge on any atom is -0.463 e. The van der Waals surface area contributed by atoms with Crippen LogP contribution in [-0.2, 0) is 9.53 Å². The topological polar surface area (TPSA) is 67.4 Å². The molecule has 1 aliphatic rings. The number of halogens is 1. The van der Waals surface area contributed by atoms with E-state index in [1.807, 2.05) is 6.92 Å². The van der Waals surface area contributed by atoms with Crippen molar-refractivity contribution in [2.24, 2.45) is 0 Å². The van der Waals surface area contributed by atoms with Crippen LogP contribution in [-0.4, -0.2) is 24.5 Å². The summed E-state index contributed by atoms with van der Waals surface area (Å²) in [6.45, 7) is 10.3. The second-order valence-electron chi connectivity index (χ2n) is 6.50. The molecule has 0 saturated heterocycles. The van der Waals surface area contributed by atoms with Crippen LogP contribution in [0.4, 0.5) is 4.79 Å². The van der Waals surface area contributed by atoms with Crippen molar-refractivity contribution in [1.82, 2.24) is 10.6 Å². The van der Waals surface area contributed by atoms with E-state index in [0.29, 0.717) is 17.2 Å². The number of rotatable bonds is 5. The number of allylic oxidation sites excluding steroid dienone is 1. The number of hydrogen-bond donors (Lipinski definition) is 2. The van der Waals surface area contributed by atoms with Crippen LogP contribution < -0.4 is 10.6 Å². The number of aryl methyl sites for hydroxylation is 2. The van der Waals surface area contributed by atoms with Crippen molar-refractivity contribution < 1.29 is 14.3 Å². The third kappa shape index (κ3) is 3.98. The van der Waals surface area contributed by atoms with E-state index in [4.69, 9.17) is 16.3 Å². The summed E-state index contributed by atoms with van der Waals surface area (Å²) in [6, 6.07) is 3.19. The Hall–Kier alpha value is -2.01. The van der Waals surface area contributed by atoms with Gasteiger partial charge in [-0.2, -0.15) is 0 Å². The summed E-state index contributed by atoms with van der Waals surface area (Å²) in [5.74, 6) is -0.110. The molecule has 0 fully saturated rings. The fraction of sp³-hybridized carbons (Fsp3) is 0.474. The van der Waals surface area contributed by atoms with Crippen molar-refractivity contribution in [3.8, 4) is 0 Å². The molecular formula is C19H25ClN2O3. The molecule has 0 saturated carbocycles. The highest BCUT2D eigenvalue weighted by Crippen LogP contribution is 2.33. The van der Waals surface area contributed by atoms with Crippen LogP contribution in [0.25, 0.3) is 0 Å². The molecule has 2 rings (SSSR count). The maximum atomic E-state index is 12.5. The Labute approximate surface area is 153 Å². The fourth-order valence-corrected chi connectivity index (χ4v) is 3.44. The van der Waals surface area contributed by atoms with E-state index in [9.17, 15) is 9.59 Å². The van der Waals surface area contributed by atoms with Crippen LogP contribution >= 0.6 is 11.6 Å². The van der Waals surface area contributed by atoms with Crippen LogP contribution in [0.5, 0.6) is 0 Å². The van der Waals surface area contributed by atoms with E-state index in [0.717, 1.165) is 11.1 Å². The molecule has 25 heavy (non-hydrogen) atoms. The quantitative estimate of drug-likeness (QED) is 0.616. The van der Waals surface area contributed by atoms with Crippen molar-refractivity contribution in [3.05, 3.63) is 45.7 Å². The number of esters is 1. The summed E-state index contributed by atoms with van der Waals surface area (Å²) in [5, 5.41) is 5.47. The van der Waals surface area contributed by atoms with Gasteiger partial charge in [0.25, 0.3) is 0 Å². The summed E-state index contributed by atoms with van der Waals surface area (Å²) < 4.78 is 5.19. The smallest absolute Gasteiger partial charge is 0.338 e. The molecule has 5 nitrogen and oxygen atoms in total. The molecule has 2 amide bonds. The summed E-state index contributed by atoms with van der Waals surface area (Å²) in [5.41, 5.74) is 5.01. The minimum atomic E-state index is -0.584. The Morgan fingerprint density at radius 1 is 1.28 bits per heavy atom. The van der Waals surface area contributed by atoms with Crippen molar-refractivity contribution >= 4 is 23.6 Å². The van der Waals surface area contributed by atoms with E-state index < -0.39 is 12.0 Å². The lowest BCUT2D eigenvalue weighted by atomic mass is 9.87. The van der Waals surface area contributed by atoms with E-state index in [2.05, 4.69) is 43.5 Å². The van der Waals surface area contributed by atoms with Crippen molar-refractivity contribution in [1.29, 1.82) is 0 Å². The number of nitrogens with one attached hydrogen (secondary N) is 2. The molecule has 0 spiro atoms. The molecular weight excluding hydrogens is 340 g/mol. The molecule has 1 aromatic rings. The average Bonchev–Trinajstić information content (AvgIpc) is 2.53. The first-order chi connectivity index (χ1) is 11.8. The predicted molar refractivity (Wildman–Crippen MR) is 98.8 cm³/mol. The monoisotopic (exact) mass is 364 g/mol. The zero-order chi connectivity index (χ0) is 18.7. The predicted octanol–water partition coefficient (Wildman–Crippen LogP) is 3.84. The van der Waals surface area contributed by atoms with Gasteiger partial charge in [-0.3, -0.25) is 0 Å². The normalized spacial score (nSPS) is 17.4. The van der Waals surface area contributed by atoms with Crippen LogP contribution in [0.15, 0.2) is 23.4 Å². The zero-order valence-electron chi connectivity index (χ0n) is 15.3. The first-order valence-electron chi connectivity index (χ1n) is 8.44. The molecule has 6 heteroatoms. The minimum absolute atomic E-state index is 0.0278. The summed E-state index contributed by atoms with van der Waals surface area (Å²) in [6.07, 6.45) is 0. The first kappa shape index (κ1) is 19.3. The van der Waals surface area contributed by atoms with Gasteiger partial charge < -0.3 is 15.4 Å². The molecule has 0 aromatic heterocycles. The number of carbonyl (C=O) groups excluding carboxylic acids is 2. The molecule has 1 atom stereocenters. The molecule has 0 aliphatic carbocycles. The number of amides is 2. The van der Waals surface area contributed by atoms with Crippen molar-refractivity contribution in [3.63, 3.8) is 0 Å². The molecule has 0 bridgehead atoms. The molecule has 0 radical (unpaired) electrons. The number of alkyl halides is 1. The molecule has 1 aliphatic heterocycles. The highest BCUT2D eigenvalue weighted by Gasteiger charge is 2.34. The van der Waals surface area contributed by atoms with Gasteiger partial charge in [0.05, 0.1) is 24.1 Å². The summed E-state index contributed by atoms with van der Waals surface area (Å²) in [7, 11) is 0. The Kier molecular flexibility index (Phi) is 6.11. The Morgan fingerprint density at radius 3 is 2.52 bits per heavy atom. The van der Waals surface area contributed by atoms with Crippen LogP contribution in [0.2, 0.25) is 0 Å². The number of ether oxygens (including phenoxy) is 1. The van der Waals surface area contributed by atoms with Crippen LogP contribution in [0.1, 0.15) is 55.0 Å². The Balaban J connectivity index is 2.63. The molecule has 1 unspecified atom stereocenters. The number of carbonyl (C=O) groups is 2.